The number of hydrogen-bond donors (Lipinski definition) is 1. The summed E-state index contributed by atoms with van der Waals surface area (Å²) in [7, 11) is 1.54. The lowest BCUT2D eigenvalue weighted by molar-refractivity contribution is -0.140. The molecule has 1 aliphatic rings. The summed E-state index contributed by atoms with van der Waals surface area (Å²) in [4.78, 5) is 27.2. The number of nitrogens with zero attached hydrogens (tertiary/aromatic N) is 1. The zero-order valence-corrected chi connectivity index (χ0v) is 18.7. The van der Waals surface area contributed by atoms with Gasteiger partial charge in [-0.3, -0.25) is 9.59 Å². The third-order valence-corrected chi connectivity index (χ3v) is 5.48. The first-order valence-electron chi connectivity index (χ1n) is 9.64. The van der Waals surface area contributed by atoms with Gasteiger partial charge in [0.15, 0.2) is 0 Å². The molecule has 1 amide bonds. The third kappa shape index (κ3) is 4.42. The van der Waals surface area contributed by atoms with E-state index in [1.54, 1.807) is 25.3 Å². The van der Waals surface area contributed by atoms with E-state index in [0.717, 1.165) is 5.56 Å². The molecular formula is C23H24BrNO5. The lowest BCUT2D eigenvalue weighted by Crippen LogP contribution is -2.33. The van der Waals surface area contributed by atoms with Gasteiger partial charge in [0.05, 0.1) is 35.9 Å². The Morgan fingerprint density at radius 3 is 2.47 bits per heavy atom. The summed E-state index contributed by atoms with van der Waals surface area (Å²) in [5.74, 6) is -0.988. The minimum Gasteiger partial charge on any atom is -0.507 e. The van der Waals surface area contributed by atoms with E-state index in [0.29, 0.717) is 22.4 Å². The van der Waals surface area contributed by atoms with Gasteiger partial charge in [-0.15, -0.1) is 0 Å². The lowest BCUT2D eigenvalue weighted by Gasteiger charge is -2.25. The van der Waals surface area contributed by atoms with E-state index >= 15 is 0 Å². The molecule has 2 aromatic carbocycles. The van der Waals surface area contributed by atoms with Crippen LogP contribution < -0.4 is 4.74 Å². The van der Waals surface area contributed by atoms with Crippen molar-refractivity contribution in [3.8, 4) is 5.75 Å². The van der Waals surface area contributed by atoms with Crippen molar-refractivity contribution in [1.29, 1.82) is 0 Å². The Labute approximate surface area is 184 Å². The van der Waals surface area contributed by atoms with E-state index in [1.807, 2.05) is 44.2 Å². The molecule has 0 spiro atoms. The van der Waals surface area contributed by atoms with Gasteiger partial charge in [-0.05, 0) is 53.5 Å². The maximum Gasteiger partial charge on any atom is 0.295 e. The second-order valence-electron chi connectivity index (χ2n) is 7.17. The number of hydrogen-bond acceptors (Lipinski definition) is 5. The highest BCUT2D eigenvalue weighted by atomic mass is 79.9. The van der Waals surface area contributed by atoms with Crippen molar-refractivity contribution >= 4 is 33.4 Å². The summed E-state index contributed by atoms with van der Waals surface area (Å²) < 4.78 is 11.4. The summed E-state index contributed by atoms with van der Waals surface area (Å²) in [6, 6.07) is 13.5. The van der Waals surface area contributed by atoms with Gasteiger partial charge < -0.3 is 19.5 Å². The van der Waals surface area contributed by atoms with Crippen molar-refractivity contribution in [2.24, 2.45) is 0 Å². The molecule has 7 heteroatoms. The minimum atomic E-state index is -0.710. The van der Waals surface area contributed by atoms with Gasteiger partial charge in [-0.1, -0.05) is 30.3 Å². The number of aliphatic hydroxyl groups is 1. The number of Topliss-reactive ketones (excluding diaryl/α,β-unsaturated/α-hetero) is 1. The number of likely N-dealkylation sites (tertiary alicyclic amines) is 1. The monoisotopic (exact) mass is 473 g/mol. The average molecular weight is 474 g/mol. The van der Waals surface area contributed by atoms with Gasteiger partial charge in [-0.25, -0.2) is 0 Å². The van der Waals surface area contributed by atoms with Crippen LogP contribution in [-0.4, -0.2) is 48.1 Å². The fraction of sp³-hybridized carbons (Fsp3) is 0.304. The maximum absolute atomic E-state index is 12.9. The van der Waals surface area contributed by atoms with Crippen molar-refractivity contribution in [1.82, 2.24) is 4.90 Å². The zero-order chi connectivity index (χ0) is 21.8. The van der Waals surface area contributed by atoms with Crippen LogP contribution in [0.25, 0.3) is 5.76 Å². The fourth-order valence-electron chi connectivity index (χ4n) is 3.45. The van der Waals surface area contributed by atoms with E-state index < -0.39 is 17.7 Å². The molecular weight excluding hydrogens is 450 g/mol. The number of aliphatic hydroxyl groups excluding tert-OH is 1. The number of benzene rings is 2. The Morgan fingerprint density at radius 1 is 1.17 bits per heavy atom. The van der Waals surface area contributed by atoms with Crippen LogP contribution in [0, 0.1) is 0 Å². The first-order chi connectivity index (χ1) is 14.3. The molecule has 158 valence electrons. The Bertz CT molecular complexity index is 971. The molecule has 0 bridgehead atoms. The van der Waals surface area contributed by atoms with E-state index in [-0.39, 0.29) is 24.0 Å². The molecule has 1 fully saturated rings. The summed E-state index contributed by atoms with van der Waals surface area (Å²) in [6.07, 6.45) is 0.00801. The molecule has 0 radical (unpaired) electrons. The highest BCUT2D eigenvalue weighted by Gasteiger charge is 2.45. The molecule has 6 nitrogen and oxygen atoms in total. The Balaban J connectivity index is 2.08. The second kappa shape index (κ2) is 9.45. The average Bonchev–Trinajstić information content (AvgIpc) is 2.98. The van der Waals surface area contributed by atoms with Crippen molar-refractivity contribution in [3.05, 3.63) is 69.7 Å². The smallest absolute Gasteiger partial charge is 0.295 e. The van der Waals surface area contributed by atoms with Gasteiger partial charge in [-0.2, -0.15) is 0 Å². The third-order valence-electron chi connectivity index (χ3n) is 4.86. The number of carbonyl (C=O) groups is 2. The van der Waals surface area contributed by atoms with Gasteiger partial charge >= 0.3 is 0 Å². The largest absolute Gasteiger partial charge is 0.507 e. The highest BCUT2D eigenvalue weighted by Crippen LogP contribution is 2.40. The molecule has 1 atom stereocenters. The number of ketones is 1. The summed E-state index contributed by atoms with van der Waals surface area (Å²) in [6.45, 7) is 4.35. The molecule has 0 aliphatic carbocycles. The molecule has 2 aromatic rings. The Morgan fingerprint density at radius 2 is 1.87 bits per heavy atom. The second-order valence-corrected chi connectivity index (χ2v) is 8.03. The Hall–Kier alpha value is -2.64. The van der Waals surface area contributed by atoms with E-state index in [1.165, 1.54) is 4.90 Å². The Kier molecular flexibility index (Phi) is 6.95. The molecule has 0 aromatic heterocycles. The van der Waals surface area contributed by atoms with E-state index in [4.69, 9.17) is 9.47 Å². The van der Waals surface area contributed by atoms with Gasteiger partial charge in [0.2, 0.25) is 0 Å². The molecule has 1 N–H and O–H groups in total. The first kappa shape index (κ1) is 22.1. The summed E-state index contributed by atoms with van der Waals surface area (Å²) in [5.41, 5.74) is 1.23. The molecule has 3 rings (SSSR count). The number of halogens is 1. The fourth-order valence-corrected chi connectivity index (χ4v) is 3.99. The number of methoxy groups -OCH3 is 1. The van der Waals surface area contributed by atoms with Crippen LogP contribution in [0.2, 0.25) is 0 Å². The first-order valence-corrected chi connectivity index (χ1v) is 10.4. The van der Waals surface area contributed by atoms with E-state index in [9.17, 15) is 14.7 Å². The maximum atomic E-state index is 12.9. The van der Waals surface area contributed by atoms with Crippen molar-refractivity contribution in [2.75, 3.05) is 20.3 Å². The summed E-state index contributed by atoms with van der Waals surface area (Å²) >= 11 is 3.39. The molecule has 1 unspecified atom stereocenters. The van der Waals surface area contributed by atoms with Gasteiger partial charge in [0.25, 0.3) is 11.7 Å². The predicted octanol–water partition coefficient (Wildman–Crippen LogP) is 4.30. The number of ether oxygens (including phenoxy) is 2. The topological polar surface area (TPSA) is 76.1 Å². The normalized spacial score (nSPS) is 18.3. The lowest BCUT2D eigenvalue weighted by atomic mass is 9.95. The number of amides is 1. The standard InChI is InChI=1S/C23H24BrNO5/c1-14(2)30-12-11-25-20(15-7-5-4-6-8-15)19(22(27)23(25)28)21(26)16-9-10-18(29-3)17(24)13-16/h4-10,13-14,20,26H,11-12H2,1-3H3/b21-19-. The zero-order valence-electron chi connectivity index (χ0n) is 17.1. The van der Waals surface area contributed by atoms with Crippen LogP contribution in [-0.2, 0) is 14.3 Å². The molecule has 0 saturated carbocycles. The van der Waals surface area contributed by atoms with Crippen molar-refractivity contribution in [3.63, 3.8) is 0 Å². The molecule has 1 saturated heterocycles. The van der Waals surface area contributed by atoms with Crippen LogP contribution in [0.3, 0.4) is 0 Å². The van der Waals surface area contributed by atoms with Gasteiger partial charge in [0, 0.05) is 12.1 Å². The number of rotatable bonds is 7. The van der Waals surface area contributed by atoms with Crippen LogP contribution in [0.5, 0.6) is 5.75 Å². The van der Waals surface area contributed by atoms with Crippen LogP contribution in [0.1, 0.15) is 31.0 Å². The van der Waals surface area contributed by atoms with Crippen LogP contribution in [0.4, 0.5) is 0 Å². The highest BCUT2D eigenvalue weighted by molar-refractivity contribution is 9.10. The quantitative estimate of drug-likeness (QED) is 0.368. The van der Waals surface area contributed by atoms with Crippen molar-refractivity contribution < 1.29 is 24.2 Å². The number of carbonyl (C=O) groups excluding carboxylic acids is 2. The van der Waals surface area contributed by atoms with Crippen LogP contribution >= 0.6 is 15.9 Å². The summed E-state index contributed by atoms with van der Waals surface area (Å²) in [5, 5.41) is 11.0. The minimum absolute atomic E-state index is 0.00801. The van der Waals surface area contributed by atoms with E-state index in [2.05, 4.69) is 15.9 Å². The van der Waals surface area contributed by atoms with Crippen LogP contribution in [0.15, 0.2) is 58.6 Å². The predicted molar refractivity (Wildman–Crippen MR) is 117 cm³/mol. The molecule has 1 aliphatic heterocycles. The van der Waals surface area contributed by atoms with Crippen molar-refractivity contribution in [2.45, 2.75) is 26.0 Å². The SMILES string of the molecule is COc1ccc(/C(O)=C2/C(=O)C(=O)N(CCOC(C)C)C2c2ccccc2)cc1Br. The van der Waals surface area contributed by atoms with Gasteiger partial charge in [0.1, 0.15) is 11.5 Å². The molecule has 1 heterocycles. The molecule has 30 heavy (non-hydrogen) atoms.